The second kappa shape index (κ2) is 8.94. The summed E-state index contributed by atoms with van der Waals surface area (Å²) in [4.78, 5) is 12.5. The average molecular weight is 355 g/mol. The van der Waals surface area contributed by atoms with Gasteiger partial charge in [0.2, 0.25) is 5.75 Å². The summed E-state index contributed by atoms with van der Waals surface area (Å²) in [5.41, 5.74) is 2.63. The highest BCUT2D eigenvalue weighted by Gasteiger charge is 2.15. The molecule has 0 amide bonds. The minimum Gasteiger partial charge on any atom is -0.493 e. The molecule has 5 heteroatoms. The first-order valence-electron chi connectivity index (χ1n) is 8.38. The molecule has 0 radical (unpaired) electrons. The number of para-hydroxylation sites is 1. The molecule has 1 N–H and O–H groups in total. The summed E-state index contributed by atoms with van der Waals surface area (Å²) in [6.07, 6.45) is 3.13. The number of rotatable bonds is 8. The number of ketones is 1. The van der Waals surface area contributed by atoms with Crippen LogP contribution in [0.3, 0.4) is 0 Å². The van der Waals surface area contributed by atoms with Gasteiger partial charge >= 0.3 is 0 Å². The summed E-state index contributed by atoms with van der Waals surface area (Å²) < 4.78 is 15.9. The van der Waals surface area contributed by atoms with Gasteiger partial charge in [-0.05, 0) is 29.7 Å². The number of hydrogen-bond donors (Lipinski definition) is 1. The van der Waals surface area contributed by atoms with Crippen molar-refractivity contribution in [2.24, 2.45) is 0 Å². The molecule has 0 bridgehead atoms. The fourth-order valence-electron chi connectivity index (χ4n) is 2.66. The molecule has 0 aromatic heterocycles. The average Bonchev–Trinajstić information content (AvgIpc) is 2.66. The smallest absolute Gasteiger partial charge is 0.203 e. The maximum Gasteiger partial charge on any atom is 0.203 e. The zero-order valence-electron chi connectivity index (χ0n) is 15.8. The predicted octanol–water partition coefficient (Wildman–Crippen LogP) is 4.64. The molecule has 5 nitrogen and oxygen atoms in total. The van der Waals surface area contributed by atoms with Crippen LogP contribution in [0.2, 0.25) is 0 Å². The Hall–Kier alpha value is -2.95. The molecular weight excluding hydrogens is 330 g/mol. The Morgan fingerprint density at radius 2 is 1.62 bits per heavy atom. The Balaban J connectivity index is 2.21. The zero-order valence-corrected chi connectivity index (χ0v) is 15.8. The molecular formula is C21H25NO4. The van der Waals surface area contributed by atoms with Crippen molar-refractivity contribution in [1.29, 1.82) is 0 Å². The van der Waals surface area contributed by atoms with Crippen LogP contribution in [0, 0.1) is 0 Å². The summed E-state index contributed by atoms with van der Waals surface area (Å²) in [7, 11) is 4.56. The molecule has 0 saturated heterocycles. The number of methoxy groups -OCH3 is 3. The number of ether oxygens (including phenoxy) is 3. The SMILES string of the molecule is COc1cc(C(=O)/C=C/Nc2ccccc2C(C)C)cc(OC)c1OC. The fourth-order valence-corrected chi connectivity index (χ4v) is 2.66. The van der Waals surface area contributed by atoms with Gasteiger partial charge in [-0.25, -0.2) is 0 Å². The Bertz CT molecular complexity index is 771. The van der Waals surface area contributed by atoms with E-state index >= 15 is 0 Å². The summed E-state index contributed by atoms with van der Waals surface area (Å²) >= 11 is 0. The predicted molar refractivity (Wildman–Crippen MR) is 104 cm³/mol. The lowest BCUT2D eigenvalue weighted by Gasteiger charge is -2.13. The van der Waals surface area contributed by atoms with Crippen molar-refractivity contribution in [2.75, 3.05) is 26.6 Å². The molecule has 0 spiro atoms. The van der Waals surface area contributed by atoms with E-state index in [-0.39, 0.29) is 5.78 Å². The lowest BCUT2D eigenvalue weighted by molar-refractivity contribution is 0.104. The van der Waals surface area contributed by atoms with Crippen molar-refractivity contribution in [3.8, 4) is 17.2 Å². The van der Waals surface area contributed by atoms with E-state index in [0.717, 1.165) is 5.69 Å². The number of carbonyl (C=O) groups is 1. The Labute approximate surface area is 154 Å². The van der Waals surface area contributed by atoms with Crippen LogP contribution in [-0.2, 0) is 0 Å². The summed E-state index contributed by atoms with van der Waals surface area (Å²) in [5, 5.41) is 3.19. The van der Waals surface area contributed by atoms with Crippen molar-refractivity contribution in [3.05, 3.63) is 59.8 Å². The highest BCUT2D eigenvalue weighted by Crippen LogP contribution is 2.38. The zero-order chi connectivity index (χ0) is 19.1. The van der Waals surface area contributed by atoms with Crippen molar-refractivity contribution in [1.82, 2.24) is 0 Å². The van der Waals surface area contributed by atoms with Crippen LogP contribution in [-0.4, -0.2) is 27.1 Å². The van der Waals surface area contributed by atoms with Crippen LogP contribution in [0.15, 0.2) is 48.7 Å². The summed E-state index contributed by atoms with van der Waals surface area (Å²) in [6.45, 7) is 4.26. The third-order valence-electron chi connectivity index (χ3n) is 4.01. The maximum absolute atomic E-state index is 12.5. The van der Waals surface area contributed by atoms with Gasteiger partial charge in [-0.2, -0.15) is 0 Å². The van der Waals surface area contributed by atoms with E-state index in [9.17, 15) is 4.79 Å². The van der Waals surface area contributed by atoms with Crippen LogP contribution >= 0.6 is 0 Å². The van der Waals surface area contributed by atoms with Crippen molar-refractivity contribution >= 4 is 11.5 Å². The Morgan fingerprint density at radius 1 is 1.00 bits per heavy atom. The van der Waals surface area contributed by atoms with Crippen LogP contribution in [0.1, 0.15) is 35.7 Å². The van der Waals surface area contributed by atoms with Crippen molar-refractivity contribution in [3.63, 3.8) is 0 Å². The van der Waals surface area contributed by atoms with E-state index in [1.807, 2.05) is 18.2 Å². The minimum atomic E-state index is -0.168. The van der Waals surface area contributed by atoms with Crippen molar-refractivity contribution in [2.45, 2.75) is 19.8 Å². The normalized spacial score (nSPS) is 10.8. The number of anilines is 1. The first-order chi connectivity index (χ1) is 12.5. The van der Waals surface area contributed by atoms with Crippen LogP contribution in [0.25, 0.3) is 0 Å². The van der Waals surface area contributed by atoms with E-state index in [1.165, 1.54) is 33.0 Å². The standard InChI is InChI=1S/C21H25NO4/c1-14(2)16-8-6-7-9-17(16)22-11-10-18(23)15-12-19(24-3)21(26-5)20(13-15)25-4/h6-14,22H,1-5H3/b11-10+. The number of nitrogens with one attached hydrogen (secondary N) is 1. The number of allylic oxidation sites excluding steroid dienone is 1. The van der Waals surface area contributed by atoms with E-state index in [1.54, 1.807) is 18.3 Å². The monoisotopic (exact) mass is 355 g/mol. The fraction of sp³-hybridized carbons (Fsp3) is 0.286. The van der Waals surface area contributed by atoms with E-state index < -0.39 is 0 Å². The van der Waals surface area contributed by atoms with Gasteiger partial charge in [0.1, 0.15) is 0 Å². The third kappa shape index (κ3) is 4.36. The Kier molecular flexibility index (Phi) is 6.67. The minimum absolute atomic E-state index is 0.168. The first-order valence-corrected chi connectivity index (χ1v) is 8.38. The van der Waals surface area contributed by atoms with Crippen LogP contribution in [0.4, 0.5) is 5.69 Å². The van der Waals surface area contributed by atoms with Gasteiger partial charge in [-0.1, -0.05) is 32.0 Å². The van der Waals surface area contributed by atoms with Gasteiger partial charge in [0, 0.05) is 23.5 Å². The Morgan fingerprint density at radius 3 is 2.15 bits per heavy atom. The molecule has 0 aliphatic carbocycles. The highest BCUT2D eigenvalue weighted by atomic mass is 16.5. The van der Waals surface area contributed by atoms with Gasteiger partial charge < -0.3 is 19.5 Å². The largest absolute Gasteiger partial charge is 0.493 e. The van der Waals surface area contributed by atoms with Crippen LogP contribution < -0.4 is 19.5 Å². The molecule has 0 unspecified atom stereocenters. The lowest BCUT2D eigenvalue weighted by Crippen LogP contribution is -2.02. The molecule has 0 atom stereocenters. The maximum atomic E-state index is 12.5. The number of benzene rings is 2. The van der Waals surface area contributed by atoms with Crippen LogP contribution in [0.5, 0.6) is 17.2 Å². The molecule has 0 heterocycles. The molecule has 0 saturated carbocycles. The topological polar surface area (TPSA) is 56.8 Å². The van der Waals surface area contributed by atoms with E-state index in [0.29, 0.717) is 28.7 Å². The quantitative estimate of drug-likeness (QED) is 0.552. The molecule has 0 aliphatic heterocycles. The molecule has 138 valence electrons. The second-order valence-corrected chi connectivity index (χ2v) is 6.00. The molecule has 26 heavy (non-hydrogen) atoms. The molecule has 2 rings (SSSR count). The third-order valence-corrected chi connectivity index (χ3v) is 4.01. The van der Waals surface area contributed by atoms with E-state index in [2.05, 4.69) is 25.2 Å². The molecule has 0 fully saturated rings. The second-order valence-electron chi connectivity index (χ2n) is 6.00. The molecule has 2 aromatic carbocycles. The van der Waals surface area contributed by atoms with Crippen molar-refractivity contribution < 1.29 is 19.0 Å². The highest BCUT2D eigenvalue weighted by molar-refractivity contribution is 6.05. The van der Waals surface area contributed by atoms with E-state index in [4.69, 9.17) is 14.2 Å². The number of hydrogen-bond acceptors (Lipinski definition) is 5. The lowest BCUT2D eigenvalue weighted by atomic mass is 10.0. The molecule has 2 aromatic rings. The van der Waals surface area contributed by atoms with Gasteiger partial charge in [0.15, 0.2) is 17.3 Å². The van der Waals surface area contributed by atoms with Gasteiger partial charge in [-0.3, -0.25) is 4.79 Å². The van der Waals surface area contributed by atoms with Gasteiger partial charge in [0.25, 0.3) is 0 Å². The van der Waals surface area contributed by atoms with Gasteiger partial charge in [0.05, 0.1) is 21.3 Å². The summed E-state index contributed by atoms with van der Waals surface area (Å²) in [6, 6.07) is 11.3. The first kappa shape index (κ1) is 19.4. The summed E-state index contributed by atoms with van der Waals surface area (Å²) in [5.74, 6) is 1.57. The number of carbonyl (C=O) groups excluding carboxylic acids is 1. The molecule has 0 aliphatic rings. The van der Waals surface area contributed by atoms with Gasteiger partial charge in [-0.15, -0.1) is 0 Å².